The number of carbonyl (C=O) groups is 2. The molecule has 1 aliphatic heterocycles. The Bertz CT molecular complexity index is 364. The molecule has 19 heavy (non-hydrogen) atoms. The quantitative estimate of drug-likeness (QED) is 0.803. The Morgan fingerprint density at radius 3 is 2.58 bits per heavy atom. The number of carboxylic acid groups (broad SMARTS) is 1. The van der Waals surface area contributed by atoms with E-state index in [0.717, 1.165) is 4.90 Å². The number of nitrogens with zero attached hydrogens (tertiary/aromatic N) is 1. The number of hydrogen-bond acceptors (Lipinski definition) is 4. The van der Waals surface area contributed by atoms with Gasteiger partial charge in [-0.3, -0.25) is 4.79 Å². The minimum absolute atomic E-state index is 0.0422. The first-order valence-corrected chi connectivity index (χ1v) is 9.24. The number of hydrogen-bond donors (Lipinski definition) is 1. The molecule has 0 saturated carbocycles. The van der Waals surface area contributed by atoms with Crippen LogP contribution in [0.25, 0.3) is 0 Å². The summed E-state index contributed by atoms with van der Waals surface area (Å²) < 4.78 is 11.1. The fourth-order valence-corrected chi connectivity index (χ4v) is 2.58. The van der Waals surface area contributed by atoms with E-state index in [9.17, 15) is 9.59 Å². The number of morpholine rings is 1. The van der Waals surface area contributed by atoms with Crippen molar-refractivity contribution in [3.63, 3.8) is 0 Å². The van der Waals surface area contributed by atoms with E-state index in [1.165, 1.54) is 0 Å². The second-order valence-corrected chi connectivity index (χ2v) is 11.1. The molecule has 7 heteroatoms. The van der Waals surface area contributed by atoms with Gasteiger partial charge in [0.2, 0.25) is 0 Å². The van der Waals surface area contributed by atoms with Gasteiger partial charge in [0.15, 0.2) is 8.32 Å². The minimum Gasteiger partial charge on any atom is -0.465 e. The summed E-state index contributed by atoms with van der Waals surface area (Å²) in [7, 11) is -1.96. The standard InChI is InChI=1S/C12H23NO5Si/c1-12(2,3)19(4,5)18-7-9-6-17-8-10(14)13(9)11(15)16/h9H,6-8H2,1-5H3,(H,15,16)/t9-/m0/s1. The molecule has 0 bridgehead atoms. The van der Waals surface area contributed by atoms with Crippen LogP contribution in [0.3, 0.4) is 0 Å². The molecule has 0 radical (unpaired) electrons. The van der Waals surface area contributed by atoms with E-state index in [-0.39, 0.29) is 24.9 Å². The molecule has 0 spiro atoms. The highest BCUT2D eigenvalue weighted by molar-refractivity contribution is 6.74. The van der Waals surface area contributed by atoms with Gasteiger partial charge in [0.25, 0.3) is 5.91 Å². The molecule has 1 fully saturated rings. The lowest BCUT2D eigenvalue weighted by Crippen LogP contribution is -2.55. The van der Waals surface area contributed by atoms with Crippen molar-refractivity contribution in [1.82, 2.24) is 4.90 Å². The van der Waals surface area contributed by atoms with Crippen molar-refractivity contribution in [2.45, 2.75) is 44.9 Å². The monoisotopic (exact) mass is 289 g/mol. The molecule has 0 aromatic rings. The maximum absolute atomic E-state index is 11.5. The summed E-state index contributed by atoms with van der Waals surface area (Å²) in [5, 5.41) is 9.12. The highest BCUT2D eigenvalue weighted by Crippen LogP contribution is 2.36. The average molecular weight is 289 g/mol. The second kappa shape index (κ2) is 5.60. The Balaban J connectivity index is 2.70. The maximum atomic E-state index is 11.5. The Labute approximate surface area is 114 Å². The van der Waals surface area contributed by atoms with Gasteiger partial charge >= 0.3 is 6.09 Å². The zero-order valence-electron chi connectivity index (χ0n) is 12.2. The predicted octanol–water partition coefficient (Wildman–Crippen LogP) is 1.91. The lowest BCUT2D eigenvalue weighted by Gasteiger charge is -2.39. The molecular formula is C12H23NO5Si. The molecule has 0 aromatic carbocycles. The van der Waals surface area contributed by atoms with Gasteiger partial charge in [-0.15, -0.1) is 0 Å². The summed E-state index contributed by atoms with van der Waals surface area (Å²) in [6.45, 7) is 10.7. The molecule has 1 heterocycles. The average Bonchev–Trinajstić information content (AvgIpc) is 2.24. The smallest absolute Gasteiger partial charge is 0.414 e. The van der Waals surface area contributed by atoms with Crippen LogP contribution in [0.4, 0.5) is 4.79 Å². The van der Waals surface area contributed by atoms with E-state index in [1.807, 2.05) is 0 Å². The molecule has 110 valence electrons. The molecule has 1 atom stereocenters. The molecule has 1 saturated heterocycles. The van der Waals surface area contributed by atoms with Crippen LogP contribution in [0.15, 0.2) is 0 Å². The third-order valence-electron chi connectivity index (χ3n) is 3.82. The van der Waals surface area contributed by atoms with Crippen molar-refractivity contribution in [2.24, 2.45) is 0 Å². The second-order valence-electron chi connectivity index (χ2n) is 6.29. The third kappa shape index (κ3) is 3.77. The first-order chi connectivity index (χ1) is 8.56. The van der Waals surface area contributed by atoms with Crippen molar-refractivity contribution < 1.29 is 23.9 Å². The summed E-state index contributed by atoms with van der Waals surface area (Å²) in [6.07, 6.45) is -1.24. The fourth-order valence-electron chi connectivity index (χ4n) is 1.54. The van der Waals surface area contributed by atoms with Crippen molar-refractivity contribution >= 4 is 20.3 Å². The number of amides is 2. The van der Waals surface area contributed by atoms with Gasteiger partial charge < -0.3 is 14.3 Å². The first kappa shape index (κ1) is 16.1. The Morgan fingerprint density at radius 1 is 1.53 bits per heavy atom. The topological polar surface area (TPSA) is 76.1 Å². The van der Waals surface area contributed by atoms with Crippen LogP contribution >= 0.6 is 0 Å². The third-order valence-corrected chi connectivity index (χ3v) is 8.32. The van der Waals surface area contributed by atoms with Crippen molar-refractivity contribution in [3.8, 4) is 0 Å². The minimum atomic E-state index is -1.96. The Kier molecular flexibility index (Phi) is 4.75. The molecule has 1 N–H and O–H groups in total. The van der Waals surface area contributed by atoms with E-state index in [0.29, 0.717) is 0 Å². The van der Waals surface area contributed by atoms with E-state index in [1.54, 1.807) is 0 Å². The van der Waals surface area contributed by atoms with Crippen molar-refractivity contribution in [3.05, 3.63) is 0 Å². The fraction of sp³-hybridized carbons (Fsp3) is 0.833. The van der Waals surface area contributed by atoms with Gasteiger partial charge in [0, 0.05) is 0 Å². The van der Waals surface area contributed by atoms with Gasteiger partial charge in [-0.1, -0.05) is 20.8 Å². The van der Waals surface area contributed by atoms with Gasteiger partial charge in [-0.25, -0.2) is 9.69 Å². The van der Waals surface area contributed by atoms with E-state index >= 15 is 0 Å². The molecule has 0 unspecified atom stereocenters. The van der Waals surface area contributed by atoms with E-state index in [4.69, 9.17) is 14.3 Å². The zero-order chi connectivity index (χ0) is 14.8. The number of rotatable bonds is 3. The number of ether oxygens (including phenoxy) is 1. The summed E-state index contributed by atoms with van der Waals surface area (Å²) in [5.74, 6) is -0.525. The largest absolute Gasteiger partial charge is 0.465 e. The summed E-state index contributed by atoms with van der Waals surface area (Å²) >= 11 is 0. The van der Waals surface area contributed by atoms with Gasteiger partial charge in [0.05, 0.1) is 19.3 Å². The van der Waals surface area contributed by atoms with Crippen LogP contribution in [0.1, 0.15) is 20.8 Å². The van der Waals surface area contributed by atoms with Gasteiger partial charge in [-0.2, -0.15) is 0 Å². The Hall–Kier alpha value is -0.923. The molecule has 2 amide bonds. The lowest BCUT2D eigenvalue weighted by molar-refractivity contribution is -0.145. The highest BCUT2D eigenvalue weighted by atomic mass is 28.4. The molecule has 0 aromatic heterocycles. The predicted molar refractivity (Wildman–Crippen MR) is 72.6 cm³/mol. The van der Waals surface area contributed by atoms with E-state index in [2.05, 4.69) is 33.9 Å². The zero-order valence-corrected chi connectivity index (χ0v) is 13.2. The molecular weight excluding hydrogens is 266 g/mol. The summed E-state index contributed by atoms with van der Waals surface area (Å²) in [4.78, 5) is 23.5. The van der Waals surface area contributed by atoms with Gasteiger partial charge in [0.1, 0.15) is 6.61 Å². The highest BCUT2D eigenvalue weighted by Gasteiger charge is 2.40. The van der Waals surface area contributed by atoms with Crippen LogP contribution in [0.2, 0.25) is 18.1 Å². The number of imide groups is 1. The number of carbonyl (C=O) groups excluding carboxylic acids is 1. The maximum Gasteiger partial charge on any atom is 0.414 e. The van der Waals surface area contributed by atoms with Crippen LogP contribution in [0, 0.1) is 0 Å². The van der Waals surface area contributed by atoms with Gasteiger partial charge in [-0.05, 0) is 18.1 Å². The SMILES string of the molecule is CC(C)(C)[Si](C)(C)OC[C@@H]1COCC(=O)N1C(=O)O. The molecule has 6 nitrogen and oxygen atoms in total. The Morgan fingerprint density at radius 2 is 2.11 bits per heavy atom. The van der Waals surface area contributed by atoms with Crippen LogP contribution in [-0.4, -0.2) is 56.2 Å². The molecule has 1 rings (SSSR count). The van der Waals surface area contributed by atoms with Crippen molar-refractivity contribution in [1.29, 1.82) is 0 Å². The first-order valence-electron chi connectivity index (χ1n) is 6.33. The van der Waals surface area contributed by atoms with Crippen molar-refractivity contribution in [2.75, 3.05) is 19.8 Å². The summed E-state index contributed by atoms with van der Waals surface area (Å²) in [6, 6.07) is -0.548. The summed E-state index contributed by atoms with van der Waals surface area (Å²) in [5.41, 5.74) is 0. The molecule has 0 aliphatic carbocycles. The lowest BCUT2D eigenvalue weighted by atomic mass is 10.2. The normalized spacial score (nSPS) is 21.6. The van der Waals surface area contributed by atoms with Crippen LogP contribution in [0.5, 0.6) is 0 Å². The van der Waals surface area contributed by atoms with Crippen LogP contribution in [-0.2, 0) is 14.0 Å². The van der Waals surface area contributed by atoms with E-state index < -0.39 is 26.4 Å². The van der Waals surface area contributed by atoms with Crippen LogP contribution < -0.4 is 0 Å². The molecule has 1 aliphatic rings.